The van der Waals surface area contributed by atoms with E-state index in [1.54, 1.807) is 0 Å². The summed E-state index contributed by atoms with van der Waals surface area (Å²) in [7, 11) is 0. The van der Waals surface area contributed by atoms with Gasteiger partial charge in [-0.1, -0.05) is 36.4 Å². The molecule has 2 rings (SSSR count). The third-order valence-corrected chi connectivity index (χ3v) is 2.90. The molecule has 0 radical (unpaired) electrons. The van der Waals surface area contributed by atoms with Crippen molar-refractivity contribution in [3.8, 4) is 5.75 Å². The summed E-state index contributed by atoms with van der Waals surface area (Å²) in [6, 6.07) is 13.3. The highest BCUT2D eigenvalue weighted by molar-refractivity contribution is 5.92. The lowest BCUT2D eigenvalue weighted by molar-refractivity contribution is -0.385. The summed E-state index contributed by atoms with van der Waals surface area (Å²) < 4.78 is 5.37. The van der Waals surface area contributed by atoms with Gasteiger partial charge in [0.2, 0.25) is 5.75 Å². The van der Waals surface area contributed by atoms with Crippen LogP contribution >= 0.6 is 0 Å². The van der Waals surface area contributed by atoms with Gasteiger partial charge in [0.15, 0.2) is 0 Å². The Balaban J connectivity index is 2.18. The van der Waals surface area contributed by atoms with Crippen molar-refractivity contribution in [2.24, 2.45) is 0 Å². The highest BCUT2D eigenvalue weighted by Crippen LogP contribution is 2.31. The summed E-state index contributed by atoms with van der Waals surface area (Å²) in [5.41, 5.74) is 0.452. The minimum absolute atomic E-state index is 0.162. The van der Waals surface area contributed by atoms with Crippen molar-refractivity contribution >= 4 is 11.7 Å². The van der Waals surface area contributed by atoms with Gasteiger partial charge in [-0.25, -0.2) is 4.79 Å². The third kappa shape index (κ3) is 3.56. The second-order valence-corrected chi connectivity index (χ2v) is 4.30. The first-order chi connectivity index (χ1) is 10.1. The number of ether oxygens (including phenoxy) is 1. The Kier molecular flexibility index (Phi) is 4.50. The molecular weight excluding hydrogens is 274 g/mol. The topological polar surface area (TPSA) is 89.7 Å². The number of carbonyl (C=O) groups is 1. The number of hydrogen-bond acceptors (Lipinski definition) is 4. The second kappa shape index (κ2) is 6.51. The number of hydrogen-bond donors (Lipinski definition) is 1. The number of aromatic carboxylic acids is 1. The Hall–Kier alpha value is -2.89. The number of rotatable bonds is 6. The Morgan fingerprint density at radius 2 is 1.86 bits per heavy atom. The molecule has 0 aliphatic rings. The lowest BCUT2D eigenvalue weighted by Gasteiger charge is -2.09. The number of nitro benzene ring substituents is 1. The van der Waals surface area contributed by atoms with E-state index >= 15 is 0 Å². The summed E-state index contributed by atoms with van der Waals surface area (Å²) in [5, 5.41) is 20.0. The van der Waals surface area contributed by atoms with Crippen LogP contribution < -0.4 is 4.74 Å². The van der Waals surface area contributed by atoms with Crippen molar-refractivity contribution in [2.45, 2.75) is 6.42 Å². The van der Waals surface area contributed by atoms with E-state index in [4.69, 9.17) is 9.84 Å². The van der Waals surface area contributed by atoms with E-state index in [2.05, 4.69) is 0 Å². The maximum absolute atomic E-state index is 11.1. The molecule has 6 nitrogen and oxygen atoms in total. The zero-order valence-corrected chi connectivity index (χ0v) is 11.1. The van der Waals surface area contributed by atoms with Gasteiger partial charge < -0.3 is 9.84 Å². The van der Waals surface area contributed by atoms with Crippen molar-refractivity contribution < 1.29 is 19.6 Å². The molecule has 0 amide bonds. The zero-order chi connectivity index (χ0) is 15.2. The molecular formula is C15H13NO5. The molecule has 0 aliphatic heterocycles. The van der Waals surface area contributed by atoms with Gasteiger partial charge in [-0.05, 0) is 11.6 Å². The fourth-order valence-electron chi connectivity index (χ4n) is 1.90. The molecule has 21 heavy (non-hydrogen) atoms. The largest absolute Gasteiger partial charge is 0.486 e. The zero-order valence-electron chi connectivity index (χ0n) is 11.1. The molecule has 6 heteroatoms. The van der Waals surface area contributed by atoms with Gasteiger partial charge in [-0.3, -0.25) is 10.1 Å². The molecule has 0 spiro atoms. The number of carboxylic acids is 1. The van der Waals surface area contributed by atoms with Crippen LogP contribution in [0.2, 0.25) is 0 Å². The molecule has 2 aromatic carbocycles. The third-order valence-electron chi connectivity index (χ3n) is 2.90. The van der Waals surface area contributed by atoms with E-state index in [9.17, 15) is 14.9 Å². The van der Waals surface area contributed by atoms with Gasteiger partial charge in [0, 0.05) is 12.5 Å². The Morgan fingerprint density at radius 3 is 2.48 bits per heavy atom. The van der Waals surface area contributed by atoms with Crippen LogP contribution in [0.4, 0.5) is 5.69 Å². The molecule has 0 bridgehead atoms. The monoisotopic (exact) mass is 287 g/mol. The van der Waals surface area contributed by atoms with Gasteiger partial charge in [-0.2, -0.15) is 0 Å². The van der Waals surface area contributed by atoms with E-state index < -0.39 is 10.9 Å². The van der Waals surface area contributed by atoms with Crippen LogP contribution in [0.15, 0.2) is 48.5 Å². The highest BCUT2D eigenvalue weighted by atomic mass is 16.6. The molecule has 0 aliphatic carbocycles. The fourth-order valence-corrected chi connectivity index (χ4v) is 1.90. The Morgan fingerprint density at radius 1 is 1.14 bits per heavy atom. The second-order valence-electron chi connectivity index (χ2n) is 4.30. The summed E-state index contributed by atoms with van der Waals surface area (Å²) in [6.45, 7) is 0.162. The molecule has 0 aromatic heterocycles. The first-order valence-corrected chi connectivity index (χ1v) is 6.27. The quantitative estimate of drug-likeness (QED) is 0.651. The molecule has 1 N–H and O–H groups in total. The van der Waals surface area contributed by atoms with Crippen molar-refractivity contribution in [1.29, 1.82) is 0 Å². The molecule has 2 aromatic rings. The smallest absolute Gasteiger partial charge is 0.339 e. The van der Waals surface area contributed by atoms with Crippen LogP contribution in [0, 0.1) is 10.1 Å². The van der Waals surface area contributed by atoms with Gasteiger partial charge >= 0.3 is 11.7 Å². The molecule has 0 unspecified atom stereocenters. The van der Waals surface area contributed by atoms with Crippen molar-refractivity contribution in [3.05, 3.63) is 69.8 Å². The van der Waals surface area contributed by atoms with Crippen LogP contribution in [-0.4, -0.2) is 22.6 Å². The predicted octanol–water partition coefficient (Wildman–Crippen LogP) is 2.91. The van der Waals surface area contributed by atoms with Gasteiger partial charge in [0.1, 0.15) is 5.56 Å². The molecule has 0 atom stereocenters. The van der Waals surface area contributed by atoms with E-state index in [1.807, 2.05) is 30.3 Å². The fraction of sp³-hybridized carbons (Fsp3) is 0.133. The molecule has 108 valence electrons. The molecule has 0 heterocycles. The number of carboxylic acid groups (broad SMARTS) is 1. The molecule has 0 saturated heterocycles. The first kappa shape index (κ1) is 14.5. The summed E-state index contributed by atoms with van der Waals surface area (Å²) in [6.07, 6.45) is 0.534. The normalized spacial score (nSPS) is 10.1. The van der Waals surface area contributed by atoms with Crippen LogP contribution in [0.1, 0.15) is 15.9 Å². The predicted molar refractivity (Wildman–Crippen MR) is 75.7 cm³/mol. The van der Waals surface area contributed by atoms with E-state index in [1.165, 1.54) is 18.2 Å². The minimum atomic E-state index is -1.26. The minimum Gasteiger partial charge on any atom is -0.486 e. The van der Waals surface area contributed by atoms with Crippen LogP contribution in [0.5, 0.6) is 5.75 Å². The summed E-state index contributed by atoms with van der Waals surface area (Å²) in [5.74, 6) is -1.46. The number of nitrogens with zero attached hydrogens (tertiary/aromatic N) is 1. The van der Waals surface area contributed by atoms with Gasteiger partial charge in [0.05, 0.1) is 11.5 Å². The van der Waals surface area contributed by atoms with Gasteiger partial charge in [0.25, 0.3) is 0 Å². The number of benzene rings is 2. The summed E-state index contributed by atoms with van der Waals surface area (Å²) >= 11 is 0. The Bertz CT molecular complexity index is 622. The maximum atomic E-state index is 11.1. The van der Waals surface area contributed by atoms with E-state index in [0.717, 1.165) is 5.56 Å². The summed E-state index contributed by atoms with van der Waals surface area (Å²) in [4.78, 5) is 21.4. The van der Waals surface area contributed by atoms with Gasteiger partial charge in [-0.15, -0.1) is 0 Å². The highest BCUT2D eigenvalue weighted by Gasteiger charge is 2.22. The lowest BCUT2D eigenvalue weighted by Crippen LogP contribution is -2.08. The number of para-hydroxylation sites is 1. The standard InChI is InChI=1S/C15H13NO5/c17-15(18)12-7-4-8-13(16(19)20)14(12)21-10-9-11-5-2-1-3-6-11/h1-8H,9-10H2,(H,17,18). The van der Waals surface area contributed by atoms with Crippen LogP contribution in [-0.2, 0) is 6.42 Å². The van der Waals surface area contributed by atoms with Crippen molar-refractivity contribution in [2.75, 3.05) is 6.61 Å². The lowest BCUT2D eigenvalue weighted by atomic mass is 10.1. The first-order valence-electron chi connectivity index (χ1n) is 6.27. The van der Waals surface area contributed by atoms with Crippen LogP contribution in [0.25, 0.3) is 0 Å². The number of nitro groups is 1. The van der Waals surface area contributed by atoms with E-state index in [0.29, 0.717) is 6.42 Å². The van der Waals surface area contributed by atoms with Crippen LogP contribution in [0.3, 0.4) is 0 Å². The van der Waals surface area contributed by atoms with Crippen molar-refractivity contribution in [1.82, 2.24) is 0 Å². The average molecular weight is 287 g/mol. The average Bonchev–Trinajstić information content (AvgIpc) is 2.48. The Labute approximate surface area is 120 Å². The SMILES string of the molecule is O=C(O)c1cccc([N+](=O)[O-])c1OCCc1ccccc1. The van der Waals surface area contributed by atoms with E-state index in [-0.39, 0.29) is 23.6 Å². The van der Waals surface area contributed by atoms with Crippen molar-refractivity contribution in [3.63, 3.8) is 0 Å². The maximum Gasteiger partial charge on any atom is 0.339 e. The molecule has 0 fully saturated rings. The molecule has 0 saturated carbocycles.